The standard InChI is InChI=1S/C22H20FNO6S/c1-27-15-9-8-12(19(28-2)20(15)29-3)10-16-18(25)17(22(26)30-4)21(31-16)24-14-7-5-6-13(23)11-14/h5-11,25H,1-4H3/b16-10+,24-21?. The molecule has 0 aromatic heterocycles. The van der Waals surface area contributed by atoms with Crippen LogP contribution < -0.4 is 14.2 Å². The molecule has 2 aromatic carbocycles. The highest BCUT2D eigenvalue weighted by molar-refractivity contribution is 8.18. The molecule has 0 saturated heterocycles. The molecule has 0 atom stereocenters. The van der Waals surface area contributed by atoms with Gasteiger partial charge < -0.3 is 24.1 Å². The van der Waals surface area contributed by atoms with Gasteiger partial charge >= 0.3 is 5.97 Å². The van der Waals surface area contributed by atoms with E-state index in [1.54, 1.807) is 24.3 Å². The Hall–Kier alpha value is -3.46. The molecule has 162 valence electrons. The number of ether oxygens (including phenoxy) is 4. The number of hydrogen-bond acceptors (Lipinski definition) is 8. The topological polar surface area (TPSA) is 86.6 Å². The van der Waals surface area contributed by atoms with Crippen LogP contribution in [0.5, 0.6) is 17.2 Å². The van der Waals surface area contributed by atoms with Crippen molar-refractivity contribution in [3.8, 4) is 17.2 Å². The van der Waals surface area contributed by atoms with E-state index in [0.29, 0.717) is 33.4 Å². The molecule has 0 unspecified atom stereocenters. The number of methoxy groups -OCH3 is 4. The van der Waals surface area contributed by atoms with E-state index in [-0.39, 0.29) is 16.4 Å². The molecule has 0 spiro atoms. The molecular formula is C22H20FNO6S. The molecule has 0 saturated carbocycles. The summed E-state index contributed by atoms with van der Waals surface area (Å²) in [5.41, 5.74) is 0.759. The van der Waals surface area contributed by atoms with Crippen LogP contribution in [-0.2, 0) is 9.53 Å². The average molecular weight is 445 g/mol. The first-order chi connectivity index (χ1) is 14.9. The highest BCUT2D eigenvalue weighted by Crippen LogP contribution is 2.44. The Morgan fingerprint density at radius 3 is 2.42 bits per heavy atom. The molecule has 1 aliphatic rings. The number of aliphatic hydroxyl groups is 1. The number of hydrogen-bond donors (Lipinski definition) is 1. The van der Waals surface area contributed by atoms with E-state index in [1.165, 1.54) is 46.6 Å². The number of esters is 1. The van der Waals surface area contributed by atoms with Gasteiger partial charge in [-0.05, 0) is 36.4 Å². The minimum Gasteiger partial charge on any atom is -0.506 e. The molecule has 0 fully saturated rings. The van der Waals surface area contributed by atoms with E-state index in [1.807, 2.05) is 0 Å². The second-order valence-corrected chi connectivity index (χ2v) is 7.18. The Morgan fingerprint density at radius 2 is 1.81 bits per heavy atom. The summed E-state index contributed by atoms with van der Waals surface area (Å²) in [6.45, 7) is 0. The molecule has 0 radical (unpaired) electrons. The van der Waals surface area contributed by atoms with Crippen molar-refractivity contribution in [2.45, 2.75) is 0 Å². The first kappa shape index (κ1) is 22.2. The van der Waals surface area contributed by atoms with Crippen molar-refractivity contribution >= 4 is 34.5 Å². The summed E-state index contributed by atoms with van der Waals surface area (Å²) in [7, 11) is 5.67. The fraction of sp³-hybridized carbons (Fsp3) is 0.182. The van der Waals surface area contributed by atoms with Crippen LogP contribution in [0.1, 0.15) is 5.56 Å². The van der Waals surface area contributed by atoms with E-state index in [4.69, 9.17) is 18.9 Å². The largest absolute Gasteiger partial charge is 0.506 e. The first-order valence-electron chi connectivity index (χ1n) is 8.98. The maximum Gasteiger partial charge on any atom is 0.344 e. The number of rotatable bonds is 6. The summed E-state index contributed by atoms with van der Waals surface area (Å²) in [4.78, 5) is 17.0. The normalized spacial score (nSPS) is 16.0. The number of benzene rings is 2. The molecule has 7 nitrogen and oxygen atoms in total. The van der Waals surface area contributed by atoms with Crippen LogP contribution in [0.2, 0.25) is 0 Å². The lowest BCUT2D eigenvalue weighted by Crippen LogP contribution is -2.10. The molecule has 2 aromatic rings. The summed E-state index contributed by atoms with van der Waals surface area (Å²) in [6, 6.07) is 9.01. The van der Waals surface area contributed by atoms with E-state index >= 15 is 0 Å². The highest BCUT2D eigenvalue weighted by atomic mass is 32.2. The minimum absolute atomic E-state index is 0.109. The van der Waals surface area contributed by atoms with E-state index in [9.17, 15) is 14.3 Å². The van der Waals surface area contributed by atoms with Crippen molar-refractivity contribution in [2.24, 2.45) is 4.99 Å². The Kier molecular flexibility index (Phi) is 6.86. The monoisotopic (exact) mass is 445 g/mol. The summed E-state index contributed by atoms with van der Waals surface area (Å²) in [5, 5.41) is 10.9. The summed E-state index contributed by atoms with van der Waals surface area (Å²) < 4.78 is 34.5. The Morgan fingerprint density at radius 1 is 1.06 bits per heavy atom. The molecule has 0 bridgehead atoms. The number of halogens is 1. The third-order valence-electron chi connectivity index (χ3n) is 4.34. The first-order valence-corrected chi connectivity index (χ1v) is 9.80. The van der Waals surface area contributed by atoms with Crippen LogP contribution >= 0.6 is 11.8 Å². The molecule has 1 heterocycles. The number of thioether (sulfide) groups is 1. The van der Waals surface area contributed by atoms with Crippen LogP contribution in [0.15, 0.2) is 57.6 Å². The lowest BCUT2D eigenvalue weighted by atomic mass is 10.1. The molecule has 0 amide bonds. The van der Waals surface area contributed by atoms with Crippen molar-refractivity contribution in [1.82, 2.24) is 0 Å². The number of aliphatic hydroxyl groups excluding tert-OH is 1. The van der Waals surface area contributed by atoms with Crippen LogP contribution in [-0.4, -0.2) is 44.6 Å². The van der Waals surface area contributed by atoms with Crippen molar-refractivity contribution < 1.29 is 33.2 Å². The number of aliphatic imine (C=N–C) groups is 1. The lowest BCUT2D eigenvalue weighted by Gasteiger charge is -2.14. The summed E-state index contributed by atoms with van der Waals surface area (Å²) in [5.74, 6) is -0.287. The zero-order chi connectivity index (χ0) is 22.5. The van der Waals surface area contributed by atoms with E-state index in [2.05, 4.69) is 4.99 Å². The van der Waals surface area contributed by atoms with Crippen molar-refractivity contribution in [3.05, 3.63) is 64.0 Å². The smallest absolute Gasteiger partial charge is 0.344 e. The van der Waals surface area contributed by atoms with Crippen LogP contribution in [0, 0.1) is 5.82 Å². The average Bonchev–Trinajstić information content (AvgIpc) is 3.07. The van der Waals surface area contributed by atoms with Gasteiger partial charge in [0.05, 0.1) is 39.0 Å². The van der Waals surface area contributed by atoms with Crippen molar-refractivity contribution in [3.63, 3.8) is 0 Å². The SMILES string of the molecule is COC(=O)C1=C(O)/C(=C\c2ccc(OC)c(OC)c2OC)SC1=Nc1cccc(F)c1. The zero-order valence-electron chi connectivity index (χ0n) is 17.3. The molecule has 3 rings (SSSR count). The second kappa shape index (κ2) is 9.57. The van der Waals surface area contributed by atoms with Gasteiger partial charge in [-0.2, -0.15) is 0 Å². The third-order valence-corrected chi connectivity index (χ3v) is 5.36. The fourth-order valence-electron chi connectivity index (χ4n) is 2.93. The van der Waals surface area contributed by atoms with Gasteiger partial charge in [0, 0.05) is 5.56 Å². The zero-order valence-corrected chi connectivity index (χ0v) is 18.1. The Labute approximate surface area is 182 Å². The second-order valence-electron chi connectivity index (χ2n) is 6.15. The number of nitrogens with zero attached hydrogens (tertiary/aromatic N) is 1. The maximum atomic E-state index is 13.5. The molecule has 9 heteroatoms. The van der Waals surface area contributed by atoms with Gasteiger partial charge in [0.15, 0.2) is 11.5 Å². The molecule has 31 heavy (non-hydrogen) atoms. The third kappa shape index (κ3) is 4.51. The predicted octanol–water partition coefficient (Wildman–Crippen LogP) is 4.65. The minimum atomic E-state index is -0.761. The number of carbonyl (C=O) groups excluding carboxylic acids is 1. The quantitative estimate of drug-likeness (QED) is 0.648. The van der Waals surface area contributed by atoms with Gasteiger partial charge in [0.1, 0.15) is 22.2 Å². The highest BCUT2D eigenvalue weighted by Gasteiger charge is 2.33. The maximum absolute atomic E-state index is 13.5. The van der Waals surface area contributed by atoms with Gasteiger partial charge in [-0.3, -0.25) is 0 Å². The van der Waals surface area contributed by atoms with Gasteiger partial charge in [-0.25, -0.2) is 14.2 Å². The van der Waals surface area contributed by atoms with Crippen molar-refractivity contribution in [2.75, 3.05) is 28.4 Å². The molecule has 1 aliphatic heterocycles. The van der Waals surface area contributed by atoms with E-state index < -0.39 is 11.8 Å². The lowest BCUT2D eigenvalue weighted by molar-refractivity contribution is -0.135. The van der Waals surface area contributed by atoms with Gasteiger partial charge in [0.2, 0.25) is 5.75 Å². The van der Waals surface area contributed by atoms with E-state index in [0.717, 1.165) is 11.8 Å². The molecule has 1 N–H and O–H groups in total. The summed E-state index contributed by atoms with van der Waals surface area (Å²) >= 11 is 1.04. The number of carbonyl (C=O) groups is 1. The molecular weight excluding hydrogens is 425 g/mol. The Balaban J connectivity index is 2.12. The van der Waals surface area contributed by atoms with Crippen LogP contribution in [0.3, 0.4) is 0 Å². The van der Waals surface area contributed by atoms with Gasteiger partial charge in [-0.15, -0.1) is 0 Å². The van der Waals surface area contributed by atoms with Gasteiger partial charge in [-0.1, -0.05) is 17.8 Å². The van der Waals surface area contributed by atoms with Crippen LogP contribution in [0.4, 0.5) is 10.1 Å². The van der Waals surface area contributed by atoms with Gasteiger partial charge in [0.25, 0.3) is 0 Å². The summed E-state index contributed by atoms with van der Waals surface area (Å²) in [6.07, 6.45) is 1.62. The Bertz CT molecular complexity index is 1110. The van der Waals surface area contributed by atoms with Crippen LogP contribution in [0.25, 0.3) is 6.08 Å². The van der Waals surface area contributed by atoms with Crippen molar-refractivity contribution in [1.29, 1.82) is 0 Å². The predicted molar refractivity (Wildman–Crippen MR) is 117 cm³/mol. The fourth-order valence-corrected chi connectivity index (χ4v) is 3.96. The molecule has 0 aliphatic carbocycles.